The van der Waals surface area contributed by atoms with E-state index in [4.69, 9.17) is 0 Å². The fourth-order valence-corrected chi connectivity index (χ4v) is 3.16. The molecular formula is C15H29N3O2. The Kier molecular flexibility index (Phi) is 5.04. The van der Waals surface area contributed by atoms with E-state index in [1.54, 1.807) is 0 Å². The van der Waals surface area contributed by atoms with E-state index in [0.717, 1.165) is 45.3 Å². The maximum atomic E-state index is 11.6. The Bertz CT molecular complexity index is 338. The van der Waals surface area contributed by atoms with E-state index in [0.29, 0.717) is 18.6 Å². The van der Waals surface area contributed by atoms with Crippen molar-refractivity contribution in [3.05, 3.63) is 0 Å². The lowest BCUT2D eigenvalue weighted by Gasteiger charge is -2.39. The number of aliphatic carboxylic acids is 1. The van der Waals surface area contributed by atoms with Gasteiger partial charge < -0.3 is 14.9 Å². The molecule has 0 radical (unpaired) electrons. The molecule has 1 heterocycles. The first kappa shape index (κ1) is 15.7. The predicted molar refractivity (Wildman–Crippen MR) is 80.0 cm³/mol. The molecule has 0 aromatic rings. The van der Waals surface area contributed by atoms with E-state index >= 15 is 0 Å². The molecule has 5 nitrogen and oxygen atoms in total. The van der Waals surface area contributed by atoms with E-state index in [9.17, 15) is 9.90 Å². The number of hydrogen-bond donors (Lipinski definition) is 2. The Morgan fingerprint density at radius 3 is 2.40 bits per heavy atom. The van der Waals surface area contributed by atoms with Gasteiger partial charge in [-0.2, -0.15) is 0 Å². The van der Waals surface area contributed by atoms with Gasteiger partial charge in [-0.25, -0.2) is 0 Å². The number of hydrogen-bond acceptors (Lipinski definition) is 4. The summed E-state index contributed by atoms with van der Waals surface area (Å²) in [6.45, 7) is 7.98. The molecule has 0 amide bonds. The fourth-order valence-electron chi connectivity index (χ4n) is 3.16. The molecule has 1 unspecified atom stereocenters. The van der Waals surface area contributed by atoms with Crippen LogP contribution in [0.5, 0.6) is 0 Å². The number of carboxylic acid groups (broad SMARTS) is 1. The van der Waals surface area contributed by atoms with Crippen LogP contribution in [0.4, 0.5) is 0 Å². The second-order valence-corrected chi connectivity index (χ2v) is 6.64. The smallest absolute Gasteiger partial charge is 0.324 e. The third-order valence-corrected chi connectivity index (χ3v) is 4.77. The zero-order valence-electron chi connectivity index (χ0n) is 13.1. The highest BCUT2D eigenvalue weighted by molar-refractivity contribution is 5.78. The summed E-state index contributed by atoms with van der Waals surface area (Å²) in [5.41, 5.74) is -0.822. The van der Waals surface area contributed by atoms with Crippen LogP contribution in [0.3, 0.4) is 0 Å². The average Bonchev–Trinajstić information content (AvgIpc) is 3.22. The molecule has 0 aromatic carbocycles. The first-order chi connectivity index (χ1) is 9.44. The molecule has 1 atom stereocenters. The third kappa shape index (κ3) is 3.93. The van der Waals surface area contributed by atoms with Gasteiger partial charge in [0.15, 0.2) is 0 Å². The minimum atomic E-state index is -0.822. The number of rotatable bonds is 7. The largest absolute Gasteiger partial charge is 0.480 e. The second kappa shape index (κ2) is 6.41. The Morgan fingerprint density at radius 2 is 1.95 bits per heavy atom. The number of nitrogens with zero attached hydrogens (tertiary/aromatic N) is 2. The van der Waals surface area contributed by atoms with E-state index in [1.807, 2.05) is 6.92 Å². The molecule has 116 valence electrons. The molecule has 2 fully saturated rings. The number of piperidine rings is 1. The van der Waals surface area contributed by atoms with Crippen molar-refractivity contribution >= 4 is 5.97 Å². The summed E-state index contributed by atoms with van der Waals surface area (Å²) < 4.78 is 0. The van der Waals surface area contributed by atoms with Gasteiger partial charge in [-0.05, 0) is 59.3 Å². The highest BCUT2D eigenvalue weighted by Crippen LogP contribution is 2.24. The molecule has 2 N–H and O–H groups in total. The average molecular weight is 283 g/mol. The van der Waals surface area contributed by atoms with Gasteiger partial charge in [-0.15, -0.1) is 0 Å². The molecule has 2 rings (SSSR count). The number of nitrogens with one attached hydrogen (secondary N) is 1. The number of carboxylic acids is 1. The summed E-state index contributed by atoms with van der Waals surface area (Å²) in [5, 5.41) is 12.8. The van der Waals surface area contributed by atoms with Crippen LogP contribution >= 0.6 is 0 Å². The summed E-state index contributed by atoms with van der Waals surface area (Å²) >= 11 is 0. The lowest BCUT2D eigenvalue weighted by Crippen LogP contribution is -2.59. The third-order valence-electron chi connectivity index (χ3n) is 4.77. The molecule has 5 heteroatoms. The summed E-state index contributed by atoms with van der Waals surface area (Å²) in [4.78, 5) is 16.3. The van der Waals surface area contributed by atoms with E-state index < -0.39 is 11.5 Å². The quantitative estimate of drug-likeness (QED) is 0.730. The second-order valence-electron chi connectivity index (χ2n) is 6.64. The van der Waals surface area contributed by atoms with Gasteiger partial charge in [0.2, 0.25) is 0 Å². The Labute approximate surface area is 122 Å². The van der Waals surface area contributed by atoms with Crippen molar-refractivity contribution < 1.29 is 9.90 Å². The maximum absolute atomic E-state index is 11.6. The van der Waals surface area contributed by atoms with Crippen molar-refractivity contribution in [3.8, 4) is 0 Å². The van der Waals surface area contributed by atoms with Gasteiger partial charge in [0.05, 0.1) is 0 Å². The van der Waals surface area contributed by atoms with Crippen LogP contribution < -0.4 is 5.32 Å². The van der Waals surface area contributed by atoms with Crippen molar-refractivity contribution in [2.45, 2.75) is 57.2 Å². The first-order valence-electron chi connectivity index (χ1n) is 7.88. The summed E-state index contributed by atoms with van der Waals surface area (Å²) in [5.74, 6) is -0.734. The summed E-state index contributed by atoms with van der Waals surface area (Å²) in [7, 11) is 2.07. The lowest BCUT2D eigenvalue weighted by molar-refractivity contribution is -0.145. The van der Waals surface area contributed by atoms with Crippen LogP contribution in [-0.2, 0) is 4.79 Å². The predicted octanol–water partition coefficient (Wildman–Crippen LogP) is 0.998. The molecule has 1 aliphatic carbocycles. The van der Waals surface area contributed by atoms with Crippen molar-refractivity contribution in [1.29, 1.82) is 0 Å². The minimum absolute atomic E-state index is 0.409. The van der Waals surface area contributed by atoms with Crippen LogP contribution in [0.1, 0.15) is 39.5 Å². The van der Waals surface area contributed by atoms with E-state index in [1.165, 1.54) is 0 Å². The highest BCUT2D eigenvalue weighted by atomic mass is 16.4. The Morgan fingerprint density at radius 1 is 1.35 bits per heavy atom. The van der Waals surface area contributed by atoms with Crippen LogP contribution in [0.25, 0.3) is 0 Å². The molecule has 0 spiro atoms. The molecule has 20 heavy (non-hydrogen) atoms. The van der Waals surface area contributed by atoms with Gasteiger partial charge in [-0.3, -0.25) is 10.1 Å². The van der Waals surface area contributed by atoms with Gasteiger partial charge in [0.25, 0.3) is 0 Å². The van der Waals surface area contributed by atoms with Crippen LogP contribution in [0.2, 0.25) is 0 Å². The van der Waals surface area contributed by atoms with Gasteiger partial charge in [0.1, 0.15) is 5.54 Å². The molecular weight excluding hydrogens is 254 g/mol. The van der Waals surface area contributed by atoms with Gasteiger partial charge in [0, 0.05) is 18.6 Å². The molecule has 1 saturated heterocycles. The molecule has 2 aliphatic rings. The number of likely N-dealkylation sites (tertiary alicyclic amines) is 1. The fraction of sp³-hybridized carbons (Fsp3) is 0.933. The highest BCUT2D eigenvalue weighted by Gasteiger charge is 2.40. The van der Waals surface area contributed by atoms with Crippen molar-refractivity contribution in [3.63, 3.8) is 0 Å². The SMILES string of the molecule is CCN1CCC(N(C)CC(C)(NC2CC2)C(=O)O)CC1. The standard InChI is InChI=1S/C15H29N3O2/c1-4-18-9-7-13(8-10-18)17(3)11-15(2,14(19)20)16-12-5-6-12/h12-13,16H,4-11H2,1-3H3,(H,19,20). The zero-order valence-corrected chi connectivity index (χ0v) is 13.1. The van der Waals surface area contributed by atoms with Crippen LogP contribution in [-0.4, -0.2) is 71.7 Å². The maximum Gasteiger partial charge on any atom is 0.324 e. The van der Waals surface area contributed by atoms with E-state index in [2.05, 4.69) is 29.1 Å². The number of carbonyl (C=O) groups is 1. The van der Waals surface area contributed by atoms with Crippen molar-refractivity contribution in [1.82, 2.24) is 15.1 Å². The Hall–Kier alpha value is -0.650. The summed E-state index contributed by atoms with van der Waals surface area (Å²) in [6.07, 6.45) is 4.51. The Balaban J connectivity index is 1.87. The van der Waals surface area contributed by atoms with Crippen molar-refractivity contribution in [2.75, 3.05) is 33.2 Å². The van der Waals surface area contributed by atoms with Gasteiger partial charge in [-0.1, -0.05) is 6.92 Å². The van der Waals surface area contributed by atoms with Gasteiger partial charge >= 0.3 is 5.97 Å². The number of likely N-dealkylation sites (N-methyl/N-ethyl adjacent to an activating group) is 1. The van der Waals surface area contributed by atoms with Crippen LogP contribution in [0, 0.1) is 0 Å². The lowest BCUT2D eigenvalue weighted by atomic mass is 9.97. The molecule has 1 saturated carbocycles. The normalized spacial score (nSPS) is 24.8. The molecule has 0 bridgehead atoms. The first-order valence-corrected chi connectivity index (χ1v) is 7.88. The molecule has 1 aliphatic heterocycles. The molecule has 0 aromatic heterocycles. The van der Waals surface area contributed by atoms with Crippen molar-refractivity contribution in [2.24, 2.45) is 0 Å². The monoisotopic (exact) mass is 283 g/mol. The van der Waals surface area contributed by atoms with E-state index in [-0.39, 0.29) is 0 Å². The topological polar surface area (TPSA) is 55.8 Å². The zero-order chi connectivity index (χ0) is 14.8. The van der Waals surface area contributed by atoms with Crippen LogP contribution in [0.15, 0.2) is 0 Å². The minimum Gasteiger partial charge on any atom is -0.480 e. The summed E-state index contributed by atoms with van der Waals surface area (Å²) in [6, 6.07) is 0.920.